The molecule has 1 heterocycles. The van der Waals surface area contributed by atoms with Gasteiger partial charge in [0.2, 0.25) is 0 Å². The summed E-state index contributed by atoms with van der Waals surface area (Å²) >= 11 is 0. The lowest BCUT2D eigenvalue weighted by molar-refractivity contribution is 0.0527. The summed E-state index contributed by atoms with van der Waals surface area (Å²) in [6, 6.07) is 15.7. The number of pyridine rings is 1. The normalized spacial score (nSPS) is 10.2. The Morgan fingerprint density at radius 3 is 2.61 bits per heavy atom. The highest BCUT2D eigenvalue weighted by atomic mass is 19.1. The van der Waals surface area contributed by atoms with Crippen molar-refractivity contribution in [3.63, 3.8) is 0 Å². The molecule has 0 aliphatic rings. The second-order valence-electron chi connectivity index (χ2n) is 5.79. The van der Waals surface area contributed by atoms with Crippen LogP contribution in [-0.4, -0.2) is 23.5 Å². The van der Waals surface area contributed by atoms with Crippen LogP contribution in [0.3, 0.4) is 0 Å². The molecule has 0 radical (unpaired) electrons. The molecule has 3 aromatic rings. The number of halogens is 1. The van der Waals surface area contributed by atoms with Crippen LogP contribution in [0.2, 0.25) is 0 Å². The molecule has 2 aromatic carbocycles. The Morgan fingerprint density at radius 1 is 1.07 bits per heavy atom. The minimum atomic E-state index is -0.481. The van der Waals surface area contributed by atoms with Crippen LogP contribution in [-0.2, 0) is 4.74 Å². The number of anilines is 3. The van der Waals surface area contributed by atoms with Gasteiger partial charge in [0, 0.05) is 5.56 Å². The largest absolute Gasteiger partial charge is 0.462 e. The van der Waals surface area contributed by atoms with E-state index in [0.29, 0.717) is 22.8 Å². The molecule has 0 atom stereocenters. The zero-order valence-electron chi connectivity index (χ0n) is 15.1. The Balaban J connectivity index is 1.70. The van der Waals surface area contributed by atoms with E-state index in [4.69, 9.17) is 4.74 Å². The van der Waals surface area contributed by atoms with Crippen molar-refractivity contribution >= 4 is 29.1 Å². The molecule has 0 bridgehead atoms. The number of nitrogens with zero attached hydrogens (tertiary/aromatic N) is 1. The molecule has 3 rings (SSSR count). The monoisotopic (exact) mass is 379 g/mol. The molecule has 0 spiro atoms. The maximum Gasteiger partial charge on any atom is 0.340 e. The van der Waals surface area contributed by atoms with Gasteiger partial charge in [0.05, 0.1) is 29.7 Å². The summed E-state index contributed by atoms with van der Waals surface area (Å²) in [6.07, 6.45) is 1.46. The molecule has 2 N–H and O–H groups in total. The molecule has 0 fully saturated rings. The van der Waals surface area contributed by atoms with E-state index in [9.17, 15) is 14.0 Å². The number of para-hydroxylation sites is 1. The van der Waals surface area contributed by atoms with Gasteiger partial charge in [-0.1, -0.05) is 18.2 Å². The molecule has 0 saturated heterocycles. The average Bonchev–Trinajstić information content (AvgIpc) is 2.70. The van der Waals surface area contributed by atoms with Gasteiger partial charge in [-0.05, 0) is 49.4 Å². The molecule has 0 aliphatic heterocycles. The van der Waals surface area contributed by atoms with Crippen molar-refractivity contribution in [2.45, 2.75) is 6.92 Å². The zero-order chi connectivity index (χ0) is 19.9. The van der Waals surface area contributed by atoms with Gasteiger partial charge in [-0.2, -0.15) is 0 Å². The molecule has 6 nitrogen and oxygen atoms in total. The number of rotatable bonds is 6. The van der Waals surface area contributed by atoms with Gasteiger partial charge in [-0.25, -0.2) is 14.2 Å². The Bertz CT molecular complexity index is 990. The van der Waals surface area contributed by atoms with Gasteiger partial charge in [0.15, 0.2) is 0 Å². The van der Waals surface area contributed by atoms with Gasteiger partial charge in [-0.3, -0.25) is 4.79 Å². The highest BCUT2D eigenvalue weighted by molar-refractivity contribution is 6.04. The van der Waals surface area contributed by atoms with E-state index in [0.717, 1.165) is 6.07 Å². The quantitative estimate of drug-likeness (QED) is 0.621. The van der Waals surface area contributed by atoms with Crippen LogP contribution >= 0.6 is 0 Å². The first kappa shape index (κ1) is 19.0. The highest BCUT2D eigenvalue weighted by Gasteiger charge is 2.12. The van der Waals surface area contributed by atoms with Crippen LogP contribution in [0.15, 0.2) is 66.9 Å². The molecule has 1 aromatic heterocycles. The van der Waals surface area contributed by atoms with Crippen LogP contribution in [0.1, 0.15) is 27.6 Å². The fourth-order valence-electron chi connectivity index (χ4n) is 2.49. The van der Waals surface area contributed by atoms with E-state index in [1.54, 1.807) is 43.3 Å². The summed E-state index contributed by atoms with van der Waals surface area (Å²) < 4.78 is 18.3. The fourth-order valence-corrected chi connectivity index (χ4v) is 2.49. The van der Waals surface area contributed by atoms with Crippen LogP contribution < -0.4 is 10.6 Å². The number of esters is 1. The molecule has 142 valence electrons. The maximum absolute atomic E-state index is 13.2. The van der Waals surface area contributed by atoms with Gasteiger partial charge >= 0.3 is 5.97 Å². The highest BCUT2D eigenvalue weighted by Crippen LogP contribution is 2.21. The lowest BCUT2D eigenvalue weighted by Gasteiger charge is -2.11. The third-order valence-corrected chi connectivity index (χ3v) is 3.79. The summed E-state index contributed by atoms with van der Waals surface area (Å²) in [5.41, 5.74) is 1.63. The summed E-state index contributed by atoms with van der Waals surface area (Å²) in [5, 5.41) is 5.71. The SMILES string of the molecule is CCOC(=O)c1ccccc1Nc1ccc(NC(=O)c2cccc(F)c2)cn1. The molecule has 0 saturated carbocycles. The standard InChI is InChI=1S/C21H18FN3O3/c1-2-28-21(27)17-8-3-4-9-18(17)25-19-11-10-16(13-23-19)24-20(26)14-6-5-7-15(22)12-14/h3-13H,2H2,1H3,(H,23,25)(H,24,26). The smallest absolute Gasteiger partial charge is 0.340 e. The molecular weight excluding hydrogens is 361 g/mol. The van der Waals surface area contributed by atoms with Crippen molar-refractivity contribution in [3.8, 4) is 0 Å². The Hall–Kier alpha value is -3.74. The number of aromatic nitrogens is 1. The zero-order valence-corrected chi connectivity index (χ0v) is 15.1. The number of benzene rings is 2. The molecular formula is C21H18FN3O3. The number of hydrogen-bond donors (Lipinski definition) is 2. The Kier molecular flexibility index (Phi) is 5.96. The van der Waals surface area contributed by atoms with Crippen molar-refractivity contribution in [1.29, 1.82) is 0 Å². The maximum atomic E-state index is 13.2. The predicted octanol–water partition coefficient (Wildman–Crippen LogP) is 4.39. The summed E-state index contributed by atoms with van der Waals surface area (Å²) in [5.74, 6) is -0.856. The van der Waals surface area contributed by atoms with Gasteiger partial charge in [0.25, 0.3) is 5.91 Å². The minimum Gasteiger partial charge on any atom is -0.462 e. The molecule has 1 amide bonds. The Morgan fingerprint density at radius 2 is 1.89 bits per heavy atom. The van der Waals surface area contributed by atoms with Crippen molar-refractivity contribution < 1.29 is 18.7 Å². The van der Waals surface area contributed by atoms with Gasteiger partial charge in [-0.15, -0.1) is 0 Å². The number of carbonyl (C=O) groups is 2. The first-order valence-corrected chi connectivity index (χ1v) is 8.63. The summed E-state index contributed by atoms with van der Waals surface area (Å²) in [7, 11) is 0. The summed E-state index contributed by atoms with van der Waals surface area (Å²) in [4.78, 5) is 28.4. The van der Waals surface area contributed by atoms with E-state index < -0.39 is 17.7 Å². The van der Waals surface area contributed by atoms with Gasteiger partial charge in [0.1, 0.15) is 11.6 Å². The van der Waals surface area contributed by atoms with E-state index in [-0.39, 0.29) is 12.2 Å². The third-order valence-electron chi connectivity index (χ3n) is 3.79. The lowest BCUT2D eigenvalue weighted by atomic mass is 10.2. The second kappa shape index (κ2) is 8.77. The number of hydrogen-bond acceptors (Lipinski definition) is 5. The van der Waals surface area contributed by atoms with Crippen molar-refractivity contribution in [3.05, 3.63) is 83.8 Å². The van der Waals surface area contributed by atoms with Crippen molar-refractivity contribution in [1.82, 2.24) is 4.98 Å². The third kappa shape index (κ3) is 4.70. The molecule has 7 heteroatoms. The second-order valence-corrected chi connectivity index (χ2v) is 5.79. The van der Waals surface area contributed by atoms with Crippen molar-refractivity contribution in [2.75, 3.05) is 17.2 Å². The van der Waals surface area contributed by atoms with E-state index in [1.807, 2.05) is 0 Å². The topological polar surface area (TPSA) is 80.3 Å². The molecule has 0 unspecified atom stereocenters. The minimum absolute atomic E-state index is 0.213. The van der Waals surface area contributed by atoms with Crippen LogP contribution in [0.5, 0.6) is 0 Å². The van der Waals surface area contributed by atoms with Crippen LogP contribution in [0, 0.1) is 5.82 Å². The van der Waals surface area contributed by atoms with Crippen LogP contribution in [0.25, 0.3) is 0 Å². The average molecular weight is 379 g/mol. The first-order valence-electron chi connectivity index (χ1n) is 8.63. The molecule has 28 heavy (non-hydrogen) atoms. The fraction of sp³-hybridized carbons (Fsp3) is 0.0952. The number of nitrogens with one attached hydrogen (secondary N) is 2. The Labute approximate surface area is 161 Å². The molecule has 0 aliphatic carbocycles. The predicted molar refractivity (Wildman–Crippen MR) is 104 cm³/mol. The van der Waals surface area contributed by atoms with Gasteiger partial charge < -0.3 is 15.4 Å². The van der Waals surface area contributed by atoms with E-state index >= 15 is 0 Å². The number of ether oxygens (including phenoxy) is 1. The van der Waals surface area contributed by atoms with E-state index in [1.165, 1.54) is 24.4 Å². The van der Waals surface area contributed by atoms with Crippen molar-refractivity contribution in [2.24, 2.45) is 0 Å². The van der Waals surface area contributed by atoms with E-state index in [2.05, 4.69) is 15.6 Å². The lowest BCUT2D eigenvalue weighted by Crippen LogP contribution is -2.12. The number of carbonyl (C=O) groups excluding carboxylic acids is 2. The number of amides is 1. The van der Waals surface area contributed by atoms with Crippen LogP contribution in [0.4, 0.5) is 21.6 Å². The first-order chi connectivity index (χ1) is 13.6. The summed E-state index contributed by atoms with van der Waals surface area (Å²) in [6.45, 7) is 2.03.